The van der Waals surface area contributed by atoms with Crippen LogP contribution in [-0.2, 0) is 20.7 Å². The van der Waals surface area contributed by atoms with E-state index in [4.69, 9.17) is 19.4 Å². The summed E-state index contributed by atoms with van der Waals surface area (Å²) >= 11 is 0. The van der Waals surface area contributed by atoms with Gasteiger partial charge in [-0.15, -0.1) is 0 Å². The summed E-state index contributed by atoms with van der Waals surface area (Å²) in [5.74, 6) is 2.22. The van der Waals surface area contributed by atoms with Crippen molar-refractivity contribution in [3.63, 3.8) is 0 Å². The van der Waals surface area contributed by atoms with Gasteiger partial charge < -0.3 is 35.4 Å². The number of nitrogens with zero attached hydrogens (tertiary/aromatic N) is 4. The first-order valence-electron chi connectivity index (χ1n) is 14.7. The Bertz CT molecular complexity index is 1190. The number of alkyl carbamates (subject to hydrolysis) is 1. The quantitative estimate of drug-likeness (QED) is 0.249. The van der Waals surface area contributed by atoms with Gasteiger partial charge in [0, 0.05) is 50.0 Å². The Morgan fingerprint density at radius 1 is 1.14 bits per heavy atom. The number of carboxylic acid groups (broad SMARTS) is 1. The Balaban J connectivity index is 0.00000484. The maximum atomic E-state index is 12.1. The molecule has 2 aromatic rings. The molecule has 4 heterocycles. The monoisotopic (exact) mass is 585 g/mol. The van der Waals surface area contributed by atoms with E-state index in [1.54, 1.807) is 0 Å². The molecule has 1 fully saturated rings. The Morgan fingerprint density at radius 3 is 2.67 bits per heavy atom. The van der Waals surface area contributed by atoms with Gasteiger partial charge in [-0.1, -0.05) is 26.8 Å². The standard InChI is InChI=1S/C29H43N7O5.CH4/c1-4-5-15-40-16-17-41-29(39)35-24(28(37)38)18-31-25-19(2)27(33-20(3)32-25)36-13-10-21(11-14-36)23-9-8-22-7-6-12-30-26(22)34-23;/h8-9,21,24H,4-7,10-18H2,1-3H3,(H,30,34)(H,35,39)(H,37,38)(H,31,32,33);1H4/t24-;/m0./s1. The van der Waals surface area contributed by atoms with E-state index in [1.165, 1.54) is 5.56 Å². The summed E-state index contributed by atoms with van der Waals surface area (Å²) in [6, 6.07) is 3.20. The number of carbonyl (C=O) groups excluding carboxylic acids is 1. The van der Waals surface area contributed by atoms with Crippen molar-refractivity contribution in [1.29, 1.82) is 0 Å². The van der Waals surface area contributed by atoms with Crippen LogP contribution >= 0.6 is 0 Å². The van der Waals surface area contributed by atoms with Crippen LogP contribution in [0.15, 0.2) is 12.1 Å². The fourth-order valence-corrected chi connectivity index (χ4v) is 5.18. The number of hydrogen-bond donors (Lipinski definition) is 4. The van der Waals surface area contributed by atoms with Crippen LogP contribution in [0, 0.1) is 13.8 Å². The predicted octanol–water partition coefficient (Wildman–Crippen LogP) is 4.27. The maximum absolute atomic E-state index is 12.1. The van der Waals surface area contributed by atoms with E-state index in [0.717, 1.165) is 81.1 Å². The van der Waals surface area contributed by atoms with Crippen LogP contribution in [0.25, 0.3) is 0 Å². The topological polar surface area (TPSA) is 151 Å². The molecule has 0 aromatic carbocycles. The van der Waals surface area contributed by atoms with E-state index in [1.807, 2.05) is 13.8 Å². The highest BCUT2D eigenvalue weighted by Crippen LogP contribution is 2.33. The first-order chi connectivity index (χ1) is 19.9. The zero-order valence-electron chi connectivity index (χ0n) is 24.4. The van der Waals surface area contributed by atoms with Gasteiger partial charge in [-0.25, -0.2) is 24.5 Å². The normalized spacial score (nSPS) is 15.5. The highest BCUT2D eigenvalue weighted by Gasteiger charge is 2.26. The van der Waals surface area contributed by atoms with E-state index in [-0.39, 0.29) is 27.2 Å². The zero-order chi connectivity index (χ0) is 29.2. The molecule has 42 heavy (non-hydrogen) atoms. The SMILES string of the molecule is C.CCCCOCCOC(=O)N[C@@H](CNc1nc(C)nc(N2CCC(c3ccc4c(n3)NCCC4)CC2)c1C)C(=O)O. The van der Waals surface area contributed by atoms with Crippen molar-refractivity contribution in [2.24, 2.45) is 0 Å². The maximum Gasteiger partial charge on any atom is 0.407 e. The average Bonchev–Trinajstić information content (AvgIpc) is 2.98. The van der Waals surface area contributed by atoms with E-state index < -0.39 is 18.1 Å². The molecule has 0 spiro atoms. The lowest BCUT2D eigenvalue weighted by atomic mass is 9.92. The molecule has 2 aromatic heterocycles. The van der Waals surface area contributed by atoms with Gasteiger partial charge in [0.15, 0.2) is 0 Å². The molecule has 0 bridgehead atoms. The molecule has 2 aliphatic rings. The summed E-state index contributed by atoms with van der Waals surface area (Å²) in [4.78, 5) is 40.3. The third-order valence-corrected chi connectivity index (χ3v) is 7.53. The minimum Gasteiger partial charge on any atom is -0.480 e. The van der Waals surface area contributed by atoms with Crippen molar-refractivity contribution in [3.8, 4) is 0 Å². The molecule has 0 unspecified atom stereocenters. The third kappa shape index (κ3) is 8.91. The highest BCUT2D eigenvalue weighted by atomic mass is 16.6. The summed E-state index contributed by atoms with van der Waals surface area (Å²) in [6.07, 6.45) is 5.31. The zero-order valence-corrected chi connectivity index (χ0v) is 24.4. The van der Waals surface area contributed by atoms with Gasteiger partial charge in [0.05, 0.1) is 6.61 Å². The van der Waals surface area contributed by atoms with Gasteiger partial charge in [0.25, 0.3) is 0 Å². The minimum atomic E-state index is -1.20. The highest BCUT2D eigenvalue weighted by molar-refractivity contribution is 5.80. The molecule has 4 rings (SSSR count). The number of hydrogen-bond acceptors (Lipinski definition) is 10. The van der Waals surface area contributed by atoms with E-state index in [0.29, 0.717) is 24.2 Å². The van der Waals surface area contributed by atoms with Gasteiger partial charge in [0.2, 0.25) is 0 Å². The lowest BCUT2D eigenvalue weighted by molar-refractivity contribution is -0.139. The molecule has 0 aliphatic carbocycles. The van der Waals surface area contributed by atoms with Gasteiger partial charge in [-0.05, 0) is 57.6 Å². The number of nitrogens with one attached hydrogen (secondary N) is 3. The molecule has 12 heteroatoms. The predicted molar refractivity (Wildman–Crippen MR) is 164 cm³/mol. The number of fused-ring (bicyclic) bond motifs is 1. The van der Waals surface area contributed by atoms with Crippen LogP contribution in [-0.4, -0.2) is 84.2 Å². The Kier molecular flexibility index (Phi) is 12.6. The molecule has 1 amide bonds. The first kappa shape index (κ1) is 32.8. The van der Waals surface area contributed by atoms with Gasteiger partial charge >= 0.3 is 12.1 Å². The van der Waals surface area contributed by atoms with Crippen LogP contribution in [0.4, 0.5) is 22.2 Å². The first-order valence-corrected chi connectivity index (χ1v) is 14.7. The van der Waals surface area contributed by atoms with Crippen molar-refractivity contribution in [2.75, 3.05) is 61.5 Å². The molecule has 1 saturated heterocycles. The Hall–Kier alpha value is -3.67. The van der Waals surface area contributed by atoms with Crippen LogP contribution in [0.2, 0.25) is 0 Å². The number of pyridine rings is 1. The number of aliphatic carboxylic acids is 1. The van der Waals surface area contributed by atoms with Crippen molar-refractivity contribution in [2.45, 2.75) is 78.7 Å². The van der Waals surface area contributed by atoms with Crippen LogP contribution in [0.1, 0.15) is 75.0 Å². The molecular formula is C30H47N7O5. The average molecular weight is 586 g/mol. The van der Waals surface area contributed by atoms with E-state index >= 15 is 0 Å². The molecule has 2 aliphatic heterocycles. The van der Waals surface area contributed by atoms with E-state index in [2.05, 4.69) is 44.9 Å². The van der Waals surface area contributed by atoms with Gasteiger partial charge in [-0.2, -0.15) is 0 Å². The molecule has 0 radical (unpaired) electrons. The third-order valence-electron chi connectivity index (χ3n) is 7.53. The second-order valence-corrected chi connectivity index (χ2v) is 10.6. The van der Waals surface area contributed by atoms with Gasteiger partial charge in [0.1, 0.15) is 35.9 Å². The molecule has 0 saturated carbocycles. The number of piperidine rings is 1. The largest absolute Gasteiger partial charge is 0.480 e. The van der Waals surface area contributed by atoms with Crippen molar-refractivity contribution < 1.29 is 24.2 Å². The van der Waals surface area contributed by atoms with Crippen molar-refractivity contribution >= 4 is 29.5 Å². The molecule has 12 nitrogen and oxygen atoms in total. The number of amides is 1. The number of aromatic nitrogens is 3. The number of aryl methyl sites for hydroxylation is 2. The van der Waals surface area contributed by atoms with Crippen molar-refractivity contribution in [1.82, 2.24) is 20.3 Å². The summed E-state index contributed by atoms with van der Waals surface area (Å²) < 4.78 is 10.4. The van der Waals surface area contributed by atoms with Crippen LogP contribution in [0.3, 0.4) is 0 Å². The number of unbranched alkanes of at least 4 members (excludes halogenated alkanes) is 1. The van der Waals surface area contributed by atoms with Crippen LogP contribution in [0.5, 0.6) is 0 Å². The molecule has 1 atom stereocenters. The molecular weight excluding hydrogens is 538 g/mol. The number of carbonyl (C=O) groups is 2. The smallest absolute Gasteiger partial charge is 0.407 e. The second kappa shape index (κ2) is 16.1. The number of anilines is 3. The lowest BCUT2D eigenvalue weighted by Gasteiger charge is -2.34. The molecule has 232 valence electrons. The summed E-state index contributed by atoms with van der Waals surface area (Å²) in [6.45, 7) is 9.32. The lowest BCUT2D eigenvalue weighted by Crippen LogP contribution is -2.46. The minimum absolute atomic E-state index is 0. The van der Waals surface area contributed by atoms with Gasteiger partial charge in [-0.3, -0.25) is 0 Å². The fourth-order valence-electron chi connectivity index (χ4n) is 5.18. The summed E-state index contributed by atoms with van der Waals surface area (Å²) in [7, 11) is 0. The fraction of sp³-hybridized carbons (Fsp3) is 0.633. The molecule has 4 N–H and O–H groups in total. The van der Waals surface area contributed by atoms with E-state index in [9.17, 15) is 14.7 Å². The Morgan fingerprint density at radius 2 is 1.93 bits per heavy atom. The number of rotatable bonds is 13. The van der Waals surface area contributed by atoms with Crippen molar-refractivity contribution in [3.05, 3.63) is 34.8 Å². The number of ether oxygens (including phenoxy) is 2. The Labute approximate surface area is 249 Å². The second-order valence-electron chi connectivity index (χ2n) is 10.6. The summed E-state index contributed by atoms with van der Waals surface area (Å²) in [5.41, 5.74) is 3.28. The summed E-state index contributed by atoms with van der Waals surface area (Å²) in [5, 5.41) is 18.6. The van der Waals surface area contributed by atoms with Crippen LogP contribution < -0.4 is 20.9 Å². The number of carboxylic acids is 1.